The first kappa shape index (κ1) is 17.0. The Balaban J connectivity index is 2.29. The number of unbranched alkanes of at least 4 members (excludes halogenated alkanes) is 5. The summed E-state index contributed by atoms with van der Waals surface area (Å²) in [5, 5.41) is 10.2. The Morgan fingerprint density at radius 1 is 1.05 bits per heavy atom. The van der Waals surface area contributed by atoms with Gasteiger partial charge in [-0.3, -0.25) is 4.98 Å². The van der Waals surface area contributed by atoms with Crippen LogP contribution in [-0.4, -0.2) is 16.7 Å². The Bertz CT molecular complexity index is 355. The van der Waals surface area contributed by atoms with Gasteiger partial charge in [0.05, 0.1) is 18.9 Å². The van der Waals surface area contributed by atoms with Gasteiger partial charge in [-0.1, -0.05) is 52.4 Å². The molecule has 0 radical (unpaired) electrons. The molecule has 20 heavy (non-hydrogen) atoms. The second-order valence-electron chi connectivity index (χ2n) is 5.37. The van der Waals surface area contributed by atoms with E-state index in [4.69, 9.17) is 4.74 Å². The van der Waals surface area contributed by atoms with Crippen LogP contribution >= 0.6 is 0 Å². The van der Waals surface area contributed by atoms with Gasteiger partial charge in [0.25, 0.3) is 0 Å². The average molecular weight is 279 g/mol. The molecule has 0 fully saturated rings. The molecule has 1 unspecified atom stereocenters. The number of nitrogens with zero attached hydrogens (tertiary/aromatic N) is 1. The maximum absolute atomic E-state index is 10.2. The molecular weight excluding hydrogens is 250 g/mol. The lowest BCUT2D eigenvalue weighted by molar-refractivity contribution is 0.162. The molecule has 1 rings (SSSR count). The fourth-order valence-corrected chi connectivity index (χ4v) is 2.20. The van der Waals surface area contributed by atoms with Crippen molar-refractivity contribution in [2.45, 2.75) is 71.3 Å². The highest BCUT2D eigenvalue weighted by atomic mass is 16.5. The quantitative estimate of drug-likeness (QED) is 0.599. The van der Waals surface area contributed by atoms with Gasteiger partial charge in [-0.25, -0.2) is 0 Å². The van der Waals surface area contributed by atoms with Crippen molar-refractivity contribution in [3.63, 3.8) is 0 Å². The van der Waals surface area contributed by atoms with Crippen LogP contribution in [0.5, 0.6) is 5.75 Å². The van der Waals surface area contributed by atoms with Crippen molar-refractivity contribution in [2.24, 2.45) is 0 Å². The van der Waals surface area contributed by atoms with Gasteiger partial charge in [0.2, 0.25) is 0 Å². The Morgan fingerprint density at radius 2 is 1.80 bits per heavy atom. The zero-order valence-electron chi connectivity index (χ0n) is 13.0. The lowest BCUT2D eigenvalue weighted by Gasteiger charge is -2.12. The van der Waals surface area contributed by atoms with Crippen molar-refractivity contribution >= 4 is 0 Å². The molecule has 0 amide bonds. The predicted molar refractivity (Wildman–Crippen MR) is 83.0 cm³/mol. The molecule has 3 nitrogen and oxygen atoms in total. The molecule has 1 aromatic rings. The number of aromatic nitrogens is 1. The first-order valence-corrected chi connectivity index (χ1v) is 8.03. The third-order valence-electron chi connectivity index (χ3n) is 3.42. The van der Waals surface area contributed by atoms with Crippen LogP contribution in [0.15, 0.2) is 18.5 Å². The van der Waals surface area contributed by atoms with Gasteiger partial charge in [0, 0.05) is 11.8 Å². The van der Waals surface area contributed by atoms with Crippen molar-refractivity contribution in [2.75, 3.05) is 6.61 Å². The minimum atomic E-state index is -0.418. The molecule has 1 atom stereocenters. The van der Waals surface area contributed by atoms with Crippen LogP contribution in [0.1, 0.15) is 76.9 Å². The van der Waals surface area contributed by atoms with E-state index < -0.39 is 6.10 Å². The highest BCUT2D eigenvalue weighted by Gasteiger charge is 2.09. The zero-order chi connectivity index (χ0) is 14.6. The molecule has 0 saturated carbocycles. The monoisotopic (exact) mass is 279 g/mol. The van der Waals surface area contributed by atoms with Crippen molar-refractivity contribution in [3.05, 3.63) is 24.0 Å². The lowest BCUT2D eigenvalue weighted by atomic mass is 10.0. The second kappa shape index (κ2) is 10.7. The van der Waals surface area contributed by atoms with Crippen LogP contribution in [-0.2, 0) is 0 Å². The summed E-state index contributed by atoms with van der Waals surface area (Å²) in [7, 11) is 0. The van der Waals surface area contributed by atoms with Crippen molar-refractivity contribution in [1.82, 2.24) is 4.98 Å². The molecule has 0 spiro atoms. The van der Waals surface area contributed by atoms with Crippen molar-refractivity contribution < 1.29 is 9.84 Å². The summed E-state index contributed by atoms with van der Waals surface area (Å²) in [6, 6.07) is 1.91. The number of ether oxygens (including phenoxy) is 1. The lowest BCUT2D eigenvalue weighted by Crippen LogP contribution is -2.01. The molecule has 0 aliphatic heterocycles. The van der Waals surface area contributed by atoms with Gasteiger partial charge in [-0.2, -0.15) is 0 Å². The topological polar surface area (TPSA) is 42.4 Å². The molecule has 114 valence electrons. The smallest absolute Gasteiger partial charge is 0.137 e. The standard InChI is InChI=1S/C17H29NO2/c1-3-5-6-7-8-9-10-17(19)15-12-16(14-18-13-15)20-11-4-2/h12-14,17,19H,3-11H2,1-2H3. The van der Waals surface area contributed by atoms with E-state index in [0.717, 1.165) is 30.6 Å². The van der Waals surface area contributed by atoms with E-state index in [-0.39, 0.29) is 0 Å². The van der Waals surface area contributed by atoms with Gasteiger partial charge in [-0.05, 0) is 18.9 Å². The molecule has 1 aromatic heterocycles. The summed E-state index contributed by atoms with van der Waals surface area (Å²) >= 11 is 0. The molecule has 0 aromatic carbocycles. The van der Waals surface area contributed by atoms with E-state index >= 15 is 0 Å². The molecule has 1 N–H and O–H groups in total. The maximum Gasteiger partial charge on any atom is 0.137 e. The fraction of sp³-hybridized carbons (Fsp3) is 0.706. The van der Waals surface area contributed by atoms with Gasteiger partial charge in [-0.15, -0.1) is 0 Å². The average Bonchev–Trinajstić information content (AvgIpc) is 2.48. The second-order valence-corrected chi connectivity index (χ2v) is 5.37. The van der Waals surface area contributed by atoms with Gasteiger partial charge < -0.3 is 9.84 Å². The van der Waals surface area contributed by atoms with Gasteiger partial charge >= 0.3 is 0 Å². The van der Waals surface area contributed by atoms with Crippen LogP contribution in [0.25, 0.3) is 0 Å². The van der Waals surface area contributed by atoms with Crippen molar-refractivity contribution in [1.29, 1.82) is 0 Å². The Hall–Kier alpha value is -1.09. The number of rotatable bonds is 11. The summed E-state index contributed by atoms with van der Waals surface area (Å²) < 4.78 is 5.54. The van der Waals surface area contributed by atoms with Crippen LogP contribution in [0.3, 0.4) is 0 Å². The van der Waals surface area contributed by atoms with E-state index in [1.54, 1.807) is 12.4 Å². The first-order chi connectivity index (χ1) is 9.77. The zero-order valence-corrected chi connectivity index (χ0v) is 13.0. The molecular formula is C17H29NO2. The summed E-state index contributed by atoms with van der Waals surface area (Å²) in [5.41, 5.74) is 0.868. The minimum absolute atomic E-state index is 0.418. The Kier molecular flexibility index (Phi) is 9.05. The third-order valence-corrected chi connectivity index (χ3v) is 3.42. The summed E-state index contributed by atoms with van der Waals surface area (Å²) in [4.78, 5) is 4.14. The van der Waals surface area contributed by atoms with Crippen LogP contribution < -0.4 is 4.74 Å². The molecule has 0 aliphatic carbocycles. The normalized spacial score (nSPS) is 12.3. The highest BCUT2D eigenvalue weighted by molar-refractivity contribution is 5.25. The number of aliphatic hydroxyl groups excluding tert-OH is 1. The molecule has 0 aliphatic rings. The van der Waals surface area contributed by atoms with Gasteiger partial charge in [0.15, 0.2) is 0 Å². The molecule has 0 bridgehead atoms. The molecule has 3 heteroatoms. The van der Waals surface area contributed by atoms with E-state index in [9.17, 15) is 5.11 Å². The minimum Gasteiger partial charge on any atom is -0.492 e. The van der Waals surface area contributed by atoms with Crippen LogP contribution in [0.4, 0.5) is 0 Å². The first-order valence-electron chi connectivity index (χ1n) is 8.03. The Labute approximate surface area is 123 Å². The van der Waals surface area contributed by atoms with Crippen molar-refractivity contribution in [3.8, 4) is 5.75 Å². The highest BCUT2D eigenvalue weighted by Crippen LogP contribution is 2.22. The van der Waals surface area contributed by atoms with Crippen LogP contribution in [0.2, 0.25) is 0 Å². The van der Waals surface area contributed by atoms with E-state index in [2.05, 4.69) is 18.8 Å². The third kappa shape index (κ3) is 6.90. The van der Waals surface area contributed by atoms with Gasteiger partial charge in [0.1, 0.15) is 5.75 Å². The van der Waals surface area contributed by atoms with E-state index in [0.29, 0.717) is 6.61 Å². The summed E-state index contributed by atoms with van der Waals surface area (Å²) in [5.74, 6) is 0.756. The maximum atomic E-state index is 10.2. The number of hydrogen-bond donors (Lipinski definition) is 1. The molecule has 0 saturated heterocycles. The Morgan fingerprint density at radius 3 is 2.55 bits per heavy atom. The summed E-state index contributed by atoms with van der Waals surface area (Å²) in [6.45, 7) is 4.99. The largest absolute Gasteiger partial charge is 0.492 e. The fourth-order valence-electron chi connectivity index (χ4n) is 2.20. The molecule has 1 heterocycles. The summed E-state index contributed by atoms with van der Waals surface area (Å²) in [6.07, 6.45) is 12.3. The SMILES string of the molecule is CCCCCCCCC(O)c1cncc(OCCC)c1. The van der Waals surface area contributed by atoms with E-state index in [1.165, 1.54) is 32.1 Å². The number of pyridine rings is 1. The number of hydrogen-bond acceptors (Lipinski definition) is 3. The van der Waals surface area contributed by atoms with E-state index in [1.807, 2.05) is 6.07 Å². The predicted octanol–water partition coefficient (Wildman–Crippen LogP) is 4.65. The van der Waals surface area contributed by atoms with Crippen LogP contribution in [0, 0.1) is 0 Å². The number of aliphatic hydroxyl groups is 1.